The molecule has 1 aromatic heterocycles. The van der Waals surface area contributed by atoms with Crippen molar-refractivity contribution in [3.8, 4) is 0 Å². The fourth-order valence-electron chi connectivity index (χ4n) is 1.31. The Balaban J connectivity index is 2.21. The van der Waals surface area contributed by atoms with E-state index in [2.05, 4.69) is 20.9 Å². The second kappa shape index (κ2) is 5.47. The molecule has 0 fully saturated rings. The van der Waals surface area contributed by atoms with Crippen molar-refractivity contribution < 1.29 is 4.79 Å². The standard InChI is InChI=1S/C13H10BrNOS/c1-9(16)10-6-7-15-13(8-10)17-12-4-2-11(14)3-5-12/h2-8H,1H3. The zero-order valence-corrected chi connectivity index (χ0v) is 11.6. The Hall–Kier alpha value is -1.13. The first-order valence-electron chi connectivity index (χ1n) is 5.05. The summed E-state index contributed by atoms with van der Waals surface area (Å²) in [6.45, 7) is 1.56. The molecule has 2 rings (SSSR count). The summed E-state index contributed by atoms with van der Waals surface area (Å²) in [4.78, 5) is 16.6. The first-order valence-corrected chi connectivity index (χ1v) is 6.66. The molecule has 0 saturated heterocycles. The molecule has 0 aliphatic rings. The largest absolute Gasteiger partial charge is 0.295 e. The summed E-state index contributed by atoms with van der Waals surface area (Å²) in [7, 11) is 0. The summed E-state index contributed by atoms with van der Waals surface area (Å²) in [5.74, 6) is 0.0602. The van der Waals surface area contributed by atoms with Gasteiger partial charge < -0.3 is 0 Å². The van der Waals surface area contributed by atoms with Crippen LogP contribution in [0.15, 0.2) is 57.0 Å². The predicted octanol–water partition coefficient (Wildman–Crippen LogP) is 4.20. The zero-order chi connectivity index (χ0) is 12.3. The lowest BCUT2D eigenvalue weighted by Crippen LogP contribution is -1.92. The van der Waals surface area contributed by atoms with Gasteiger partial charge in [-0.3, -0.25) is 4.79 Å². The van der Waals surface area contributed by atoms with E-state index in [4.69, 9.17) is 0 Å². The lowest BCUT2D eigenvalue weighted by Gasteiger charge is -2.02. The van der Waals surface area contributed by atoms with Crippen molar-refractivity contribution in [1.29, 1.82) is 0 Å². The van der Waals surface area contributed by atoms with Gasteiger partial charge in [0.2, 0.25) is 0 Å². The SMILES string of the molecule is CC(=O)c1ccnc(Sc2ccc(Br)cc2)c1. The Morgan fingerprint density at radius 2 is 1.94 bits per heavy atom. The van der Waals surface area contributed by atoms with Crippen molar-refractivity contribution in [3.05, 3.63) is 52.6 Å². The first-order chi connectivity index (χ1) is 8.15. The number of rotatable bonds is 3. The summed E-state index contributed by atoms with van der Waals surface area (Å²) in [5, 5.41) is 0.833. The van der Waals surface area contributed by atoms with Crippen molar-refractivity contribution in [3.63, 3.8) is 0 Å². The predicted molar refractivity (Wildman–Crippen MR) is 72.5 cm³/mol. The molecule has 0 amide bonds. The van der Waals surface area contributed by atoms with Gasteiger partial charge in [0, 0.05) is 21.1 Å². The summed E-state index contributed by atoms with van der Waals surface area (Å²) in [6.07, 6.45) is 1.66. The molecule has 0 aliphatic carbocycles. The number of ketones is 1. The third kappa shape index (κ3) is 3.41. The third-order valence-corrected chi connectivity index (χ3v) is 3.65. The zero-order valence-electron chi connectivity index (χ0n) is 9.18. The van der Waals surface area contributed by atoms with E-state index in [1.54, 1.807) is 30.9 Å². The molecule has 0 bridgehead atoms. The normalized spacial score (nSPS) is 10.2. The monoisotopic (exact) mass is 307 g/mol. The van der Waals surface area contributed by atoms with Crippen LogP contribution in [0.4, 0.5) is 0 Å². The van der Waals surface area contributed by atoms with E-state index in [0.717, 1.165) is 14.4 Å². The molecule has 2 aromatic rings. The molecular formula is C13H10BrNOS. The van der Waals surface area contributed by atoms with Crippen LogP contribution in [0, 0.1) is 0 Å². The van der Waals surface area contributed by atoms with E-state index >= 15 is 0 Å². The number of carbonyl (C=O) groups excluding carboxylic acids is 1. The molecule has 0 spiro atoms. The lowest BCUT2D eigenvalue weighted by molar-refractivity contribution is 0.101. The summed E-state index contributed by atoms with van der Waals surface area (Å²) in [6, 6.07) is 11.5. The van der Waals surface area contributed by atoms with E-state index in [-0.39, 0.29) is 5.78 Å². The van der Waals surface area contributed by atoms with Gasteiger partial charge in [0.05, 0.1) is 0 Å². The first kappa shape index (κ1) is 12.3. The minimum atomic E-state index is 0.0602. The Labute approximate surface area is 113 Å². The van der Waals surface area contributed by atoms with Crippen LogP contribution >= 0.6 is 27.7 Å². The van der Waals surface area contributed by atoms with Crippen LogP contribution in [0.1, 0.15) is 17.3 Å². The highest BCUT2D eigenvalue weighted by Crippen LogP contribution is 2.27. The van der Waals surface area contributed by atoms with E-state index < -0.39 is 0 Å². The highest BCUT2D eigenvalue weighted by molar-refractivity contribution is 9.10. The number of aromatic nitrogens is 1. The van der Waals surface area contributed by atoms with Crippen LogP contribution < -0.4 is 0 Å². The lowest BCUT2D eigenvalue weighted by atomic mass is 10.2. The Morgan fingerprint density at radius 3 is 2.59 bits per heavy atom. The minimum absolute atomic E-state index is 0.0602. The highest BCUT2D eigenvalue weighted by atomic mass is 79.9. The van der Waals surface area contributed by atoms with Crippen molar-refractivity contribution >= 4 is 33.5 Å². The topological polar surface area (TPSA) is 30.0 Å². The molecule has 0 N–H and O–H groups in total. The number of pyridine rings is 1. The quantitative estimate of drug-likeness (QED) is 0.796. The second-order valence-corrected chi connectivity index (χ2v) is 5.50. The van der Waals surface area contributed by atoms with Gasteiger partial charge in [-0.2, -0.15) is 0 Å². The van der Waals surface area contributed by atoms with Crippen molar-refractivity contribution in [2.75, 3.05) is 0 Å². The molecule has 1 heterocycles. The van der Waals surface area contributed by atoms with Crippen LogP contribution in [0.25, 0.3) is 0 Å². The van der Waals surface area contributed by atoms with Gasteiger partial charge in [0.25, 0.3) is 0 Å². The molecule has 1 aromatic carbocycles. The number of halogens is 1. The van der Waals surface area contributed by atoms with Crippen LogP contribution in [-0.2, 0) is 0 Å². The minimum Gasteiger partial charge on any atom is -0.295 e. The van der Waals surface area contributed by atoms with E-state index in [9.17, 15) is 4.79 Å². The van der Waals surface area contributed by atoms with Crippen LogP contribution in [0.3, 0.4) is 0 Å². The smallest absolute Gasteiger partial charge is 0.159 e. The fraction of sp³-hybridized carbons (Fsp3) is 0.0769. The van der Waals surface area contributed by atoms with E-state index in [1.165, 1.54) is 0 Å². The molecule has 4 heteroatoms. The van der Waals surface area contributed by atoms with Crippen molar-refractivity contribution in [2.45, 2.75) is 16.8 Å². The number of benzene rings is 1. The maximum absolute atomic E-state index is 11.3. The maximum Gasteiger partial charge on any atom is 0.159 e. The molecule has 0 radical (unpaired) electrons. The number of Topliss-reactive ketones (excluding diaryl/α,β-unsaturated/α-hetero) is 1. The molecule has 2 nitrogen and oxygen atoms in total. The second-order valence-electron chi connectivity index (χ2n) is 3.49. The van der Waals surface area contributed by atoms with Gasteiger partial charge >= 0.3 is 0 Å². The average Bonchev–Trinajstić information content (AvgIpc) is 2.32. The number of nitrogens with zero attached hydrogens (tertiary/aromatic N) is 1. The van der Waals surface area contributed by atoms with Crippen molar-refractivity contribution in [1.82, 2.24) is 4.98 Å². The highest BCUT2D eigenvalue weighted by Gasteiger charge is 2.03. The molecule has 17 heavy (non-hydrogen) atoms. The third-order valence-electron chi connectivity index (χ3n) is 2.18. The van der Waals surface area contributed by atoms with Crippen LogP contribution in [0.2, 0.25) is 0 Å². The van der Waals surface area contributed by atoms with Crippen molar-refractivity contribution in [2.24, 2.45) is 0 Å². The van der Waals surface area contributed by atoms with Gasteiger partial charge in [0.15, 0.2) is 5.78 Å². The summed E-state index contributed by atoms with van der Waals surface area (Å²) < 4.78 is 1.05. The van der Waals surface area contributed by atoms with Gasteiger partial charge in [-0.15, -0.1) is 0 Å². The van der Waals surface area contributed by atoms with Gasteiger partial charge in [0.1, 0.15) is 5.03 Å². The molecule has 0 aliphatic heterocycles. The van der Waals surface area contributed by atoms with Gasteiger partial charge in [-0.25, -0.2) is 4.98 Å². The number of hydrogen-bond donors (Lipinski definition) is 0. The summed E-state index contributed by atoms with van der Waals surface area (Å²) in [5.41, 5.74) is 0.694. The number of hydrogen-bond acceptors (Lipinski definition) is 3. The van der Waals surface area contributed by atoms with Crippen LogP contribution in [0.5, 0.6) is 0 Å². The molecule has 86 valence electrons. The van der Waals surface area contributed by atoms with Crippen LogP contribution in [-0.4, -0.2) is 10.8 Å². The maximum atomic E-state index is 11.3. The number of carbonyl (C=O) groups is 1. The Bertz CT molecular complexity index is 539. The Morgan fingerprint density at radius 1 is 1.24 bits per heavy atom. The van der Waals surface area contributed by atoms with E-state index in [0.29, 0.717) is 5.56 Å². The van der Waals surface area contributed by atoms with E-state index in [1.807, 2.05) is 30.3 Å². The average molecular weight is 308 g/mol. The molecule has 0 atom stereocenters. The molecule has 0 saturated carbocycles. The molecule has 0 unspecified atom stereocenters. The Kier molecular flexibility index (Phi) is 3.97. The summed E-state index contributed by atoms with van der Waals surface area (Å²) >= 11 is 4.94. The van der Waals surface area contributed by atoms with Gasteiger partial charge in [-0.05, 0) is 43.3 Å². The van der Waals surface area contributed by atoms with Gasteiger partial charge in [-0.1, -0.05) is 27.7 Å². The fourth-order valence-corrected chi connectivity index (χ4v) is 2.39. The molecular weight excluding hydrogens is 298 g/mol.